The topological polar surface area (TPSA) is 57.7 Å². The van der Waals surface area contributed by atoms with Gasteiger partial charge in [-0.25, -0.2) is 0 Å². The molecule has 0 spiro atoms. The van der Waals surface area contributed by atoms with Crippen molar-refractivity contribution in [1.82, 2.24) is 16.0 Å². The molecule has 0 radical (unpaired) electrons. The second kappa shape index (κ2) is 12.0. The van der Waals surface area contributed by atoms with Crippen LogP contribution in [0.2, 0.25) is 0 Å². The van der Waals surface area contributed by atoms with E-state index in [4.69, 9.17) is 9.73 Å². The lowest BCUT2D eigenvalue weighted by Gasteiger charge is -2.39. The number of benzene rings is 1. The fraction of sp³-hybridized carbons (Fsp3) is 0.708. The number of guanidine groups is 1. The highest BCUT2D eigenvalue weighted by atomic mass is 32.2. The summed E-state index contributed by atoms with van der Waals surface area (Å²) in [6.07, 6.45) is 5.78. The van der Waals surface area contributed by atoms with E-state index < -0.39 is 0 Å². The smallest absolute Gasteiger partial charge is 0.191 e. The maximum absolute atomic E-state index is 5.69. The molecule has 2 fully saturated rings. The Morgan fingerprint density at radius 2 is 1.97 bits per heavy atom. The highest BCUT2D eigenvalue weighted by Gasteiger charge is 2.34. The number of ether oxygens (including phenoxy) is 1. The van der Waals surface area contributed by atoms with Crippen molar-refractivity contribution in [1.29, 1.82) is 0 Å². The van der Waals surface area contributed by atoms with Crippen LogP contribution < -0.4 is 16.0 Å². The third-order valence-electron chi connectivity index (χ3n) is 6.28. The monoisotopic (exact) mass is 432 g/mol. The van der Waals surface area contributed by atoms with Crippen LogP contribution in [-0.2, 0) is 4.74 Å². The molecule has 30 heavy (non-hydrogen) atoms. The molecule has 1 aliphatic carbocycles. The van der Waals surface area contributed by atoms with Gasteiger partial charge in [0.2, 0.25) is 0 Å². The summed E-state index contributed by atoms with van der Waals surface area (Å²) >= 11 is 2.10. The van der Waals surface area contributed by atoms with Gasteiger partial charge in [-0.2, -0.15) is 11.8 Å². The third-order valence-corrected chi connectivity index (χ3v) is 7.52. The molecule has 1 aromatic rings. The Morgan fingerprint density at radius 1 is 1.20 bits per heavy atom. The van der Waals surface area contributed by atoms with Crippen molar-refractivity contribution in [3.63, 3.8) is 0 Å². The van der Waals surface area contributed by atoms with E-state index in [0.29, 0.717) is 6.04 Å². The summed E-state index contributed by atoms with van der Waals surface area (Å²) in [4.78, 5) is 5.06. The first-order chi connectivity index (χ1) is 14.6. The Bertz CT molecular complexity index is 648. The highest BCUT2D eigenvalue weighted by Crippen LogP contribution is 2.30. The zero-order valence-corrected chi connectivity index (χ0v) is 19.8. The Hall–Kier alpha value is -1.24. The molecule has 0 aromatic heterocycles. The first-order valence-corrected chi connectivity index (χ1v) is 12.8. The molecule has 3 rings (SSSR count). The molecule has 1 aromatic carbocycles. The van der Waals surface area contributed by atoms with E-state index in [9.17, 15) is 0 Å². The highest BCUT2D eigenvalue weighted by molar-refractivity contribution is 7.99. The second-order valence-corrected chi connectivity index (χ2v) is 10.2. The molecule has 168 valence electrons. The second-order valence-electron chi connectivity index (χ2n) is 8.60. The van der Waals surface area contributed by atoms with Crippen molar-refractivity contribution >= 4 is 17.7 Å². The predicted molar refractivity (Wildman–Crippen MR) is 129 cm³/mol. The van der Waals surface area contributed by atoms with Crippen LogP contribution in [0.15, 0.2) is 35.3 Å². The molecule has 3 unspecified atom stereocenters. The number of hydrogen-bond acceptors (Lipinski definition) is 4. The van der Waals surface area contributed by atoms with Gasteiger partial charge in [0.25, 0.3) is 0 Å². The van der Waals surface area contributed by atoms with E-state index in [1.54, 1.807) is 0 Å². The minimum atomic E-state index is -0.0217. The maximum Gasteiger partial charge on any atom is 0.191 e. The summed E-state index contributed by atoms with van der Waals surface area (Å²) in [6.45, 7) is 9.90. The SMILES string of the molecule is CCNC(=NCC1(NC(C)c2ccccc2)CCOCC1)NC1CCC(SCC)C1. The summed E-state index contributed by atoms with van der Waals surface area (Å²) in [5.74, 6) is 2.17. The molecule has 1 saturated carbocycles. The van der Waals surface area contributed by atoms with Gasteiger partial charge in [0, 0.05) is 42.6 Å². The van der Waals surface area contributed by atoms with Gasteiger partial charge in [0.15, 0.2) is 5.96 Å². The molecule has 3 N–H and O–H groups in total. The summed E-state index contributed by atoms with van der Waals surface area (Å²) in [5.41, 5.74) is 1.30. The number of nitrogens with one attached hydrogen (secondary N) is 3. The Balaban J connectivity index is 1.65. The van der Waals surface area contributed by atoms with Crippen LogP contribution in [-0.4, -0.2) is 54.8 Å². The normalized spacial score (nSPS) is 25.1. The fourth-order valence-electron chi connectivity index (χ4n) is 4.60. The molecule has 0 bridgehead atoms. The molecular weight excluding hydrogens is 392 g/mol. The number of nitrogens with zero attached hydrogens (tertiary/aromatic N) is 1. The van der Waals surface area contributed by atoms with Crippen molar-refractivity contribution in [2.45, 2.75) is 75.7 Å². The number of rotatable bonds is 9. The zero-order valence-electron chi connectivity index (χ0n) is 19.0. The van der Waals surface area contributed by atoms with Crippen LogP contribution in [0, 0.1) is 0 Å². The van der Waals surface area contributed by atoms with Crippen LogP contribution in [0.5, 0.6) is 0 Å². The molecule has 3 atom stereocenters. The molecule has 1 aliphatic heterocycles. The minimum absolute atomic E-state index is 0.0217. The Labute approximate surface area is 187 Å². The predicted octanol–water partition coefficient (Wildman–Crippen LogP) is 4.12. The fourth-order valence-corrected chi connectivity index (χ4v) is 5.74. The van der Waals surface area contributed by atoms with Gasteiger partial charge in [-0.15, -0.1) is 0 Å². The van der Waals surface area contributed by atoms with E-state index in [2.05, 4.69) is 78.8 Å². The third kappa shape index (κ3) is 6.89. The summed E-state index contributed by atoms with van der Waals surface area (Å²) in [6, 6.07) is 11.5. The average Bonchev–Trinajstić information content (AvgIpc) is 3.21. The van der Waals surface area contributed by atoms with Crippen LogP contribution >= 0.6 is 11.8 Å². The average molecular weight is 433 g/mol. The van der Waals surface area contributed by atoms with E-state index in [1.807, 2.05) is 0 Å². The molecular formula is C24H40N4OS. The van der Waals surface area contributed by atoms with Gasteiger partial charge in [-0.1, -0.05) is 37.3 Å². The minimum Gasteiger partial charge on any atom is -0.381 e. The lowest BCUT2D eigenvalue weighted by Crippen LogP contribution is -2.53. The maximum atomic E-state index is 5.69. The number of aliphatic imine (C=N–C) groups is 1. The molecule has 5 nitrogen and oxygen atoms in total. The van der Waals surface area contributed by atoms with Crippen molar-refractivity contribution in [3.8, 4) is 0 Å². The van der Waals surface area contributed by atoms with Crippen molar-refractivity contribution in [2.75, 3.05) is 32.1 Å². The Morgan fingerprint density at radius 3 is 2.67 bits per heavy atom. The number of thioether (sulfide) groups is 1. The quantitative estimate of drug-likeness (QED) is 0.405. The standard InChI is InChI=1S/C24H40N4OS/c1-4-25-23(27-21-11-12-22(17-21)30-5-2)26-18-24(13-15-29-16-14-24)28-19(3)20-9-7-6-8-10-20/h6-10,19,21-22,28H,4-5,11-18H2,1-3H3,(H2,25,26,27). The molecule has 1 saturated heterocycles. The van der Waals surface area contributed by atoms with Crippen LogP contribution in [0.4, 0.5) is 0 Å². The largest absolute Gasteiger partial charge is 0.381 e. The van der Waals surface area contributed by atoms with E-state index >= 15 is 0 Å². The van der Waals surface area contributed by atoms with Gasteiger partial charge < -0.3 is 20.7 Å². The van der Waals surface area contributed by atoms with Crippen molar-refractivity contribution in [3.05, 3.63) is 35.9 Å². The van der Waals surface area contributed by atoms with Crippen molar-refractivity contribution < 1.29 is 4.74 Å². The van der Waals surface area contributed by atoms with Gasteiger partial charge in [0.1, 0.15) is 0 Å². The lowest BCUT2D eigenvalue weighted by atomic mass is 9.88. The van der Waals surface area contributed by atoms with Crippen LogP contribution in [0.25, 0.3) is 0 Å². The van der Waals surface area contributed by atoms with E-state index in [0.717, 1.165) is 50.4 Å². The lowest BCUT2D eigenvalue weighted by molar-refractivity contribution is 0.0374. The molecule has 2 aliphatic rings. The van der Waals surface area contributed by atoms with Gasteiger partial charge in [0.05, 0.1) is 6.54 Å². The Kier molecular flexibility index (Phi) is 9.34. The van der Waals surface area contributed by atoms with Crippen LogP contribution in [0.1, 0.15) is 64.5 Å². The summed E-state index contributed by atoms with van der Waals surface area (Å²) in [5, 5.41) is 11.9. The first kappa shape index (κ1) is 23.4. The van der Waals surface area contributed by atoms with E-state index in [-0.39, 0.29) is 11.6 Å². The summed E-state index contributed by atoms with van der Waals surface area (Å²) in [7, 11) is 0. The summed E-state index contributed by atoms with van der Waals surface area (Å²) < 4.78 is 5.69. The number of hydrogen-bond donors (Lipinski definition) is 3. The van der Waals surface area contributed by atoms with E-state index in [1.165, 1.54) is 30.6 Å². The van der Waals surface area contributed by atoms with Gasteiger partial charge in [-0.05, 0) is 57.3 Å². The molecule has 0 amide bonds. The van der Waals surface area contributed by atoms with Crippen molar-refractivity contribution in [2.24, 2.45) is 4.99 Å². The molecule has 1 heterocycles. The zero-order chi connectivity index (χ0) is 21.2. The molecule has 6 heteroatoms. The first-order valence-electron chi connectivity index (χ1n) is 11.7. The van der Waals surface area contributed by atoms with Crippen LogP contribution in [0.3, 0.4) is 0 Å². The van der Waals surface area contributed by atoms with Gasteiger partial charge >= 0.3 is 0 Å². The van der Waals surface area contributed by atoms with Gasteiger partial charge in [-0.3, -0.25) is 4.99 Å².